The predicted molar refractivity (Wildman–Crippen MR) is 110 cm³/mol. The third-order valence-corrected chi connectivity index (χ3v) is 5.71. The molecule has 0 unspecified atom stereocenters. The molecular formula is C23H27N2O3+. The van der Waals surface area contributed by atoms with Crippen molar-refractivity contribution in [1.29, 1.82) is 0 Å². The van der Waals surface area contributed by atoms with Crippen LogP contribution in [0.4, 0.5) is 5.69 Å². The van der Waals surface area contributed by atoms with Gasteiger partial charge in [-0.3, -0.25) is 4.79 Å². The van der Waals surface area contributed by atoms with Crippen molar-refractivity contribution < 1.29 is 19.2 Å². The van der Waals surface area contributed by atoms with Gasteiger partial charge < -0.3 is 19.7 Å². The molecule has 5 heteroatoms. The van der Waals surface area contributed by atoms with Crippen LogP contribution >= 0.6 is 0 Å². The maximum absolute atomic E-state index is 13.2. The molecule has 28 heavy (non-hydrogen) atoms. The topological polar surface area (TPSA) is 66.9 Å². The number of fused-ring (bicyclic) bond motifs is 1. The van der Waals surface area contributed by atoms with Crippen LogP contribution < -0.4 is 10.2 Å². The van der Waals surface area contributed by atoms with Gasteiger partial charge in [-0.25, -0.2) is 0 Å². The minimum atomic E-state index is -0.202. The lowest BCUT2D eigenvalue weighted by Gasteiger charge is -2.15. The molecule has 2 aromatic carbocycles. The maximum atomic E-state index is 13.2. The number of benzene rings is 2. The van der Waals surface area contributed by atoms with E-state index in [-0.39, 0.29) is 11.7 Å². The van der Waals surface area contributed by atoms with Gasteiger partial charge in [0.25, 0.3) is 5.91 Å². The van der Waals surface area contributed by atoms with E-state index in [2.05, 4.69) is 5.32 Å². The van der Waals surface area contributed by atoms with E-state index in [4.69, 9.17) is 4.42 Å². The number of carbonyl (C=O) groups is 1. The number of furan rings is 1. The molecular weight excluding hydrogens is 352 g/mol. The average Bonchev–Trinajstić information content (AvgIpc) is 3.27. The number of carbonyl (C=O) groups excluding carboxylic acids is 1. The number of likely N-dealkylation sites (tertiary alicyclic amines) is 1. The highest BCUT2D eigenvalue weighted by molar-refractivity contribution is 6.14. The van der Waals surface area contributed by atoms with Crippen LogP contribution in [0.1, 0.15) is 45.7 Å². The fourth-order valence-electron chi connectivity index (χ4n) is 4.26. The van der Waals surface area contributed by atoms with E-state index in [1.165, 1.54) is 17.7 Å². The summed E-state index contributed by atoms with van der Waals surface area (Å²) in [7, 11) is 0. The summed E-state index contributed by atoms with van der Waals surface area (Å²) in [5.74, 6) is 0.597. The van der Waals surface area contributed by atoms with Crippen molar-refractivity contribution in [2.45, 2.75) is 40.2 Å². The number of hydrogen-bond acceptors (Lipinski definition) is 3. The summed E-state index contributed by atoms with van der Waals surface area (Å²) in [6.45, 7) is 8.71. The van der Waals surface area contributed by atoms with Crippen molar-refractivity contribution in [3.05, 3.63) is 58.3 Å². The Morgan fingerprint density at radius 1 is 1.14 bits per heavy atom. The van der Waals surface area contributed by atoms with Gasteiger partial charge in [-0.15, -0.1) is 0 Å². The van der Waals surface area contributed by atoms with Crippen molar-refractivity contribution in [3.63, 3.8) is 0 Å². The molecule has 1 aliphatic heterocycles. The summed E-state index contributed by atoms with van der Waals surface area (Å²) in [5, 5.41) is 14.3. The van der Waals surface area contributed by atoms with E-state index < -0.39 is 0 Å². The first-order valence-electron chi connectivity index (χ1n) is 9.90. The van der Waals surface area contributed by atoms with E-state index >= 15 is 0 Å². The van der Waals surface area contributed by atoms with Crippen LogP contribution in [0.5, 0.6) is 5.75 Å². The molecule has 0 spiro atoms. The summed E-state index contributed by atoms with van der Waals surface area (Å²) in [5.41, 5.74) is 4.92. The Bertz CT molecular complexity index is 1050. The molecule has 0 atom stereocenters. The van der Waals surface area contributed by atoms with Gasteiger partial charge in [-0.2, -0.15) is 0 Å². The fraction of sp³-hybridized carbons (Fsp3) is 0.348. The Morgan fingerprint density at radius 3 is 2.61 bits per heavy atom. The number of nitrogens with one attached hydrogen (secondary N) is 2. The quantitative estimate of drug-likeness (QED) is 0.650. The molecule has 1 saturated heterocycles. The molecule has 5 nitrogen and oxygen atoms in total. The molecule has 1 aliphatic rings. The molecule has 4 rings (SSSR count). The number of rotatable bonds is 4. The minimum Gasteiger partial charge on any atom is -0.507 e. The number of anilines is 1. The first kappa shape index (κ1) is 18.6. The van der Waals surface area contributed by atoms with Crippen LogP contribution in [0.3, 0.4) is 0 Å². The van der Waals surface area contributed by atoms with Gasteiger partial charge in [-0.1, -0.05) is 17.7 Å². The Morgan fingerprint density at radius 2 is 1.89 bits per heavy atom. The third-order valence-electron chi connectivity index (χ3n) is 5.71. The number of hydrogen-bond donors (Lipinski definition) is 3. The predicted octanol–water partition coefficient (Wildman–Crippen LogP) is 3.49. The molecule has 0 saturated carbocycles. The standard InChI is InChI=1S/C23H26N2O3/c1-14-6-7-18(15(2)12-14)24-23(27)21-16(3)28-20-9-8-19(26)17(22(20)21)13-25-10-4-5-11-25/h6-9,12,26H,4-5,10-11,13H2,1-3H3,(H,24,27)/p+1. The monoisotopic (exact) mass is 379 g/mol. The van der Waals surface area contributed by atoms with E-state index in [1.807, 2.05) is 32.0 Å². The molecule has 2 heterocycles. The van der Waals surface area contributed by atoms with Crippen LogP contribution in [-0.2, 0) is 6.54 Å². The Hall–Kier alpha value is -2.79. The van der Waals surface area contributed by atoms with Crippen LogP contribution in [0.25, 0.3) is 11.0 Å². The summed E-state index contributed by atoms with van der Waals surface area (Å²) < 4.78 is 5.89. The highest BCUT2D eigenvalue weighted by Gasteiger charge is 2.26. The molecule has 146 valence electrons. The molecule has 3 aromatic rings. The van der Waals surface area contributed by atoms with Crippen LogP contribution in [0, 0.1) is 20.8 Å². The van der Waals surface area contributed by atoms with Crippen molar-refractivity contribution in [1.82, 2.24) is 0 Å². The summed E-state index contributed by atoms with van der Waals surface area (Å²) >= 11 is 0. The number of aryl methyl sites for hydroxylation is 3. The molecule has 0 radical (unpaired) electrons. The molecule has 3 N–H and O–H groups in total. The normalized spacial score (nSPS) is 14.7. The van der Waals surface area contributed by atoms with Crippen molar-refractivity contribution >= 4 is 22.6 Å². The minimum absolute atomic E-state index is 0.202. The van der Waals surface area contributed by atoms with Gasteiger partial charge in [0, 0.05) is 23.9 Å². The SMILES string of the molecule is Cc1ccc(NC(=O)c2c(C)oc3ccc(O)c(C[NH+]4CCCC4)c23)c(C)c1. The Balaban J connectivity index is 1.76. The second-order valence-corrected chi connectivity index (χ2v) is 7.88. The number of phenolic OH excluding ortho intramolecular Hbond substituents is 1. The number of phenols is 1. The van der Waals surface area contributed by atoms with Crippen molar-refractivity contribution in [2.75, 3.05) is 18.4 Å². The van der Waals surface area contributed by atoms with E-state index in [1.54, 1.807) is 19.1 Å². The van der Waals surface area contributed by atoms with E-state index in [9.17, 15) is 9.90 Å². The van der Waals surface area contributed by atoms with E-state index in [0.29, 0.717) is 23.5 Å². The smallest absolute Gasteiger partial charge is 0.259 e. The van der Waals surface area contributed by atoms with Gasteiger partial charge in [-0.05, 0) is 44.5 Å². The zero-order chi connectivity index (χ0) is 19.8. The lowest BCUT2D eigenvalue weighted by molar-refractivity contribution is -0.901. The van der Waals surface area contributed by atoms with Gasteiger partial charge in [0.1, 0.15) is 23.6 Å². The third kappa shape index (κ3) is 3.38. The maximum Gasteiger partial charge on any atom is 0.259 e. The lowest BCUT2D eigenvalue weighted by atomic mass is 10.0. The average molecular weight is 379 g/mol. The van der Waals surface area contributed by atoms with Crippen LogP contribution in [0.15, 0.2) is 34.7 Å². The summed E-state index contributed by atoms with van der Waals surface area (Å²) in [6, 6.07) is 9.37. The second-order valence-electron chi connectivity index (χ2n) is 7.88. The van der Waals surface area contributed by atoms with Gasteiger partial charge in [0.15, 0.2) is 0 Å². The largest absolute Gasteiger partial charge is 0.507 e. The number of quaternary nitrogens is 1. The van der Waals surface area contributed by atoms with E-state index in [0.717, 1.165) is 40.9 Å². The van der Waals surface area contributed by atoms with Gasteiger partial charge in [0.2, 0.25) is 0 Å². The zero-order valence-electron chi connectivity index (χ0n) is 16.7. The van der Waals surface area contributed by atoms with Gasteiger partial charge in [0.05, 0.1) is 24.2 Å². The first-order valence-corrected chi connectivity index (χ1v) is 9.90. The summed E-state index contributed by atoms with van der Waals surface area (Å²) in [6.07, 6.45) is 2.41. The highest BCUT2D eigenvalue weighted by atomic mass is 16.3. The Labute approximate surface area is 165 Å². The fourth-order valence-corrected chi connectivity index (χ4v) is 4.26. The zero-order valence-corrected chi connectivity index (χ0v) is 16.7. The first-order chi connectivity index (χ1) is 13.4. The number of aromatic hydroxyl groups is 1. The molecule has 0 bridgehead atoms. The van der Waals surface area contributed by atoms with Gasteiger partial charge >= 0.3 is 0 Å². The molecule has 0 aliphatic carbocycles. The molecule has 1 amide bonds. The van der Waals surface area contributed by atoms with Crippen LogP contribution in [-0.4, -0.2) is 24.1 Å². The molecule has 1 fully saturated rings. The lowest BCUT2D eigenvalue weighted by Crippen LogP contribution is -3.08. The highest BCUT2D eigenvalue weighted by Crippen LogP contribution is 2.34. The van der Waals surface area contributed by atoms with Crippen molar-refractivity contribution in [3.8, 4) is 5.75 Å². The number of amides is 1. The summed E-state index contributed by atoms with van der Waals surface area (Å²) in [4.78, 5) is 14.6. The Kier molecular flexibility index (Phi) is 4.85. The van der Waals surface area contributed by atoms with Crippen LogP contribution in [0.2, 0.25) is 0 Å². The van der Waals surface area contributed by atoms with Crippen molar-refractivity contribution in [2.24, 2.45) is 0 Å². The molecule has 1 aromatic heterocycles. The second kappa shape index (κ2) is 7.32.